The SMILES string of the molecule is Cc1ccc(CN(C(=O)N2CCCC2C)c2ccc(C(F)(F)F)cc2)cc1. The predicted octanol–water partition coefficient (Wildman–Crippen LogP) is 5.62. The highest BCUT2D eigenvalue weighted by Gasteiger charge is 2.32. The summed E-state index contributed by atoms with van der Waals surface area (Å²) in [5, 5.41) is 0. The lowest BCUT2D eigenvalue weighted by molar-refractivity contribution is -0.137. The van der Waals surface area contributed by atoms with E-state index in [4.69, 9.17) is 0 Å². The Balaban J connectivity index is 1.91. The molecule has 1 saturated heterocycles. The predicted molar refractivity (Wildman–Crippen MR) is 99.6 cm³/mol. The van der Waals surface area contributed by atoms with Crippen molar-refractivity contribution < 1.29 is 18.0 Å². The van der Waals surface area contributed by atoms with Crippen LogP contribution in [0.5, 0.6) is 0 Å². The molecule has 3 nitrogen and oxygen atoms in total. The number of rotatable bonds is 3. The summed E-state index contributed by atoms with van der Waals surface area (Å²) in [6.07, 6.45) is -2.51. The number of anilines is 1. The highest BCUT2D eigenvalue weighted by molar-refractivity contribution is 5.92. The first kappa shape index (κ1) is 19.3. The molecule has 3 rings (SSSR count). The van der Waals surface area contributed by atoms with Gasteiger partial charge in [0.25, 0.3) is 0 Å². The molecule has 6 heteroatoms. The lowest BCUT2D eigenvalue weighted by Crippen LogP contribution is -2.44. The molecule has 0 bridgehead atoms. The minimum atomic E-state index is -4.40. The number of amides is 2. The van der Waals surface area contributed by atoms with Gasteiger partial charge < -0.3 is 4.90 Å². The Kier molecular flexibility index (Phi) is 5.44. The van der Waals surface area contributed by atoms with Crippen molar-refractivity contribution in [3.8, 4) is 0 Å². The first-order chi connectivity index (χ1) is 12.8. The molecule has 1 fully saturated rings. The topological polar surface area (TPSA) is 23.6 Å². The molecule has 1 aliphatic heterocycles. The Morgan fingerprint density at radius 1 is 1.11 bits per heavy atom. The summed E-state index contributed by atoms with van der Waals surface area (Å²) in [6, 6.07) is 12.6. The minimum absolute atomic E-state index is 0.132. The van der Waals surface area contributed by atoms with E-state index >= 15 is 0 Å². The van der Waals surface area contributed by atoms with E-state index < -0.39 is 11.7 Å². The lowest BCUT2D eigenvalue weighted by Gasteiger charge is -2.31. The van der Waals surface area contributed by atoms with Gasteiger partial charge in [-0.05, 0) is 56.5 Å². The van der Waals surface area contributed by atoms with Gasteiger partial charge in [0.15, 0.2) is 0 Å². The van der Waals surface area contributed by atoms with Crippen LogP contribution in [0.4, 0.5) is 23.7 Å². The van der Waals surface area contributed by atoms with Gasteiger partial charge in [-0.2, -0.15) is 13.2 Å². The largest absolute Gasteiger partial charge is 0.416 e. The fraction of sp³-hybridized carbons (Fsp3) is 0.381. The molecular formula is C21H23F3N2O. The van der Waals surface area contributed by atoms with Crippen molar-refractivity contribution in [1.29, 1.82) is 0 Å². The second kappa shape index (κ2) is 7.62. The van der Waals surface area contributed by atoms with E-state index in [1.165, 1.54) is 12.1 Å². The van der Waals surface area contributed by atoms with Gasteiger partial charge >= 0.3 is 12.2 Å². The molecule has 0 N–H and O–H groups in total. The summed E-state index contributed by atoms with van der Waals surface area (Å²) in [5.41, 5.74) is 1.79. The van der Waals surface area contributed by atoms with Gasteiger partial charge in [-0.1, -0.05) is 29.8 Å². The number of hydrogen-bond acceptors (Lipinski definition) is 1. The Hall–Kier alpha value is -2.50. The zero-order valence-corrected chi connectivity index (χ0v) is 15.5. The van der Waals surface area contributed by atoms with E-state index in [1.54, 1.807) is 9.80 Å². The van der Waals surface area contributed by atoms with Crippen molar-refractivity contribution in [3.05, 3.63) is 65.2 Å². The zero-order valence-electron chi connectivity index (χ0n) is 15.5. The molecule has 1 heterocycles. The lowest BCUT2D eigenvalue weighted by atomic mass is 10.1. The number of carbonyl (C=O) groups excluding carboxylic acids is 1. The molecule has 1 aliphatic rings. The number of benzene rings is 2. The quantitative estimate of drug-likeness (QED) is 0.681. The van der Waals surface area contributed by atoms with Crippen molar-refractivity contribution >= 4 is 11.7 Å². The van der Waals surface area contributed by atoms with Crippen molar-refractivity contribution in [3.63, 3.8) is 0 Å². The first-order valence-electron chi connectivity index (χ1n) is 9.06. The van der Waals surface area contributed by atoms with Crippen LogP contribution in [0.3, 0.4) is 0 Å². The van der Waals surface area contributed by atoms with Gasteiger partial charge in [0.05, 0.1) is 12.1 Å². The highest BCUT2D eigenvalue weighted by Crippen LogP contribution is 2.31. The number of aryl methyl sites for hydroxylation is 1. The number of alkyl halides is 3. The molecule has 2 amide bonds. The Bertz CT molecular complexity index is 785. The van der Waals surface area contributed by atoms with E-state index in [9.17, 15) is 18.0 Å². The number of likely N-dealkylation sites (tertiary alicyclic amines) is 1. The van der Waals surface area contributed by atoms with E-state index in [1.807, 2.05) is 38.1 Å². The van der Waals surface area contributed by atoms with Crippen LogP contribution in [0.1, 0.15) is 36.5 Å². The molecular weight excluding hydrogens is 353 g/mol. The van der Waals surface area contributed by atoms with Crippen LogP contribution < -0.4 is 4.90 Å². The maximum absolute atomic E-state index is 13.1. The average molecular weight is 376 g/mol. The van der Waals surface area contributed by atoms with Crippen molar-refractivity contribution in [2.45, 2.75) is 45.5 Å². The van der Waals surface area contributed by atoms with E-state index in [-0.39, 0.29) is 12.1 Å². The van der Waals surface area contributed by atoms with Gasteiger partial charge in [0.2, 0.25) is 0 Å². The molecule has 1 atom stereocenters. The third-order valence-corrected chi connectivity index (χ3v) is 5.00. The number of halogens is 3. The van der Waals surface area contributed by atoms with Gasteiger partial charge in [0, 0.05) is 18.3 Å². The molecule has 0 radical (unpaired) electrons. The fourth-order valence-electron chi connectivity index (χ4n) is 3.35. The molecule has 0 aromatic heterocycles. The smallest absolute Gasteiger partial charge is 0.322 e. The third kappa shape index (κ3) is 4.43. The summed E-state index contributed by atoms with van der Waals surface area (Å²) in [7, 11) is 0. The standard InChI is InChI=1S/C21H23F3N2O/c1-15-5-7-17(8-6-15)14-26(20(27)25-13-3-4-16(25)2)19-11-9-18(10-12-19)21(22,23)24/h5-12,16H,3-4,13-14H2,1-2H3. The van der Waals surface area contributed by atoms with Gasteiger partial charge in [-0.25, -0.2) is 4.79 Å². The normalized spacial score (nSPS) is 17.2. The van der Waals surface area contributed by atoms with Crippen LogP contribution >= 0.6 is 0 Å². The molecule has 2 aromatic carbocycles. The monoisotopic (exact) mass is 376 g/mol. The number of hydrogen-bond donors (Lipinski definition) is 0. The van der Waals surface area contributed by atoms with E-state index in [2.05, 4.69) is 0 Å². The Morgan fingerprint density at radius 2 is 1.74 bits per heavy atom. The second-order valence-corrected chi connectivity index (χ2v) is 7.08. The van der Waals surface area contributed by atoms with E-state index in [0.717, 1.165) is 36.1 Å². The summed E-state index contributed by atoms with van der Waals surface area (Å²) >= 11 is 0. The molecule has 144 valence electrons. The molecule has 27 heavy (non-hydrogen) atoms. The molecule has 0 spiro atoms. The molecule has 2 aromatic rings. The van der Waals surface area contributed by atoms with Crippen molar-refractivity contribution in [2.24, 2.45) is 0 Å². The van der Waals surface area contributed by atoms with Gasteiger partial charge in [-0.15, -0.1) is 0 Å². The molecule has 0 aliphatic carbocycles. The second-order valence-electron chi connectivity index (χ2n) is 7.08. The summed E-state index contributed by atoms with van der Waals surface area (Å²) < 4.78 is 38.6. The third-order valence-electron chi connectivity index (χ3n) is 5.00. The van der Waals surface area contributed by atoms with Crippen LogP contribution in [0.15, 0.2) is 48.5 Å². The minimum Gasteiger partial charge on any atom is -0.322 e. The molecule has 1 unspecified atom stereocenters. The average Bonchev–Trinajstić information content (AvgIpc) is 3.06. The number of nitrogens with zero attached hydrogens (tertiary/aromatic N) is 2. The Labute approximate surface area is 157 Å². The maximum atomic E-state index is 13.1. The fourth-order valence-corrected chi connectivity index (χ4v) is 3.35. The van der Waals surface area contributed by atoms with Crippen LogP contribution in [0, 0.1) is 6.92 Å². The van der Waals surface area contributed by atoms with Crippen LogP contribution in [-0.2, 0) is 12.7 Å². The molecule has 0 saturated carbocycles. The first-order valence-corrected chi connectivity index (χ1v) is 9.06. The number of urea groups is 1. The van der Waals surface area contributed by atoms with E-state index in [0.29, 0.717) is 18.8 Å². The van der Waals surface area contributed by atoms with Crippen LogP contribution in [0.2, 0.25) is 0 Å². The van der Waals surface area contributed by atoms with Gasteiger partial charge in [0.1, 0.15) is 0 Å². The van der Waals surface area contributed by atoms with Crippen LogP contribution in [-0.4, -0.2) is 23.5 Å². The van der Waals surface area contributed by atoms with Crippen molar-refractivity contribution in [1.82, 2.24) is 4.90 Å². The van der Waals surface area contributed by atoms with Gasteiger partial charge in [-0.3, -0.25) is 4.90 Å². The number of carbonyl (C=O) groups is 1. The highest BCUT2D eigenvalue weighted by atomic mass is 19.4. The summed E-state index contributed by atoms with van der Waals surface area (Å²) in [5.74, 6) is 0. The summed E-state index contributed by atoms with van der Waals surface area (Å²) in [4.78, 5) is 16.5. The zero-order chi connectivity index (χ0) is 19.6. The van der Waals surface area contributed by atoms with Crippen LogP contribution in [0.25, 0.3) is 0 Å². The van der Waals surface area contributed by atoms with Crippen molar-refractivity contribution in [2.75, 3.05) is 11.4 Å². The Morgan fingerprint density at radius 3 is 2.26 bits per heavy atom. The maximum Gasteiger partial charge on any atom is 0.416 e. The summed E-state index contributed by atoms with van der Waals surface area (Å²) in [6.45, 7) is 4.97.